The van der Waals surface area contributed by atoms with Crippen LogP contribution < -0.4 is 5.32 Å². The molecule has 0 radical (unpaired) electrons. The minimum Gasteiger partial charge on any atom is -0.317 e. The maximum Gasteiger partial charge on any atom is 0.126 e. The van der Waals surface area contributed by atoms with Gasteiger partial charge in [0.25, 0.3) is 0 Å². The summed E-state index contributed by atoms with van der Waals surface area (Å²) in [5.74, 6) is -1.01. The highest BCUT2D eigenvalue weighted by Gasteiger charge is 2.08. The van der Waals surface area contributed by atoms with Gasteiger partial charge >= 0.3 is 0 Å². The van der Waals surface area contributed by atoms with Crippen molar-refractivity contribution in [2.24, 2.45) is 0 Å². The van der Waals surface area contributed by atoms with Crippen LogP contribution in [0.2, 0.25) is 0 Å². The molecule has 0 spiro atoms. The minimum atomic E-state index is -0.503. The van der Waals surface area contributed by atoms with Crippen LogP contribution >= 0.6 is 0 Å². The normalized spacial score (nSPS) is 12.8. The maximum absolute atomic E-state index is 12.9. The van der Waals surface area contributed by atoms with Crippen LogP contribution in [0.3, 0.4) is 0 Å². The summed E-state index contributed by atoms with van der Waals surface area (Å²) in [7, 11) is 1.87. The molecule has 0 aliphatic heterocycles. The second kappa shape index (κ2) is 5.81. The third kappa shape index (κ3) is 3.96. The summed E-state index contributed by atoms with van der Waals surface area (Å²) >= 11 is 0. The van der Waals surface area contributed by atoms with Gasteiger partial charge in [-0.25, -0.2) is 8.78 Å². The molecule has 0 bridgehead atoms. The fourth-order valence-electron chi connectivity index (χ4n) is 1.71. The number of hydrogen-bond acceptors (Lipinski definition) is 1. The Labute approximate surface area is 89.5 Å². The van der Waals surface area contributed by atoms with Gasteiger partial charge < -0.3 is 5.32 Å². The second-order valence-electron chi connectivity index (χ2n) is 3.76. The van der Waals surface area contributed by atoms with E-state index in [0.717, 1.165) is 18.9 Å². The zero-order valence-electron chi connectivity index (χ0n) is 9.19. The molecule has 1 N–H and O–H groups in total. The molecular formula is C12H17F2N. The van der Waals surface area contributed by atoms with Gasteiger partial charge in [-0.05, 0) is 37.6 Å². The predicted molar refractivity (Wildman–Crippen MR) is 57.8 cm³/mol. The largest absolute Gasteiger partial charge is 0.317 e. The smallest absolute Gasteiger partial charge is 0.126 e. The van der Waals surface area contributed by atoms with Crippen LogP contribution in [0.25, 0.3) is 0 Å². The summed E-state index contributed by atoms with van der Waals surface area (Å²) < 4.78 is 25.8. The molecular weight excluding hydrogens is 196 g/mol. The van der Waals surface area contributed by atoms with E-state index in [0.29, 0.717) is 12.0 Å². The maximum atomic E-state index is 12.9. The fourth-order valence-corrected chi connectivity index (χ4v) is 1.71. The number of benzene rings is 1. The van der Waals surface area contributed by atoms with E-state index in [1.54, 1.807) is 0 Å². The summed E-state index contributed by atoms with van der Waals surface area (Å²) in [5, 5.41) is 3.15. The Hall–Kier alpha value is -0.960. The van der Waals surface area contributed by atoms with Crippen molar-refractivity contribution < 1.29 is 8.78 Å². The molecule has 84 valence electrons. The van der Waals surface area contributed by atoms with E-state index in [1.807, 2.05) is 7.05 Å². The number of hydrogen-bond donors (Lipinski definition) is 1. The van der Waals surface area contributed by atoms with Crippen LogP contribution in [0.15, 0.2) is 18.2 Å². The molecule has 0 aliphatic carbocycles. The van der Waals surface area contributed by atoms with E-state index in [2.05, 4.69) is 12.2 Å². The molecule has 0 saturated heterocycles. The summed E-state index contributed by atoms with van der Waals surface area (Å²) in [5.41, 5.74) is 0.709. The first-order valence-corrected chi connectivity index (χ1v) is 5.28. The summed E-state index contributed by atoms with van der Waals surface area (Å²) in [6.07, 6.45) is 2.73. The Balaban J connectivity index is 2.69. The zero-order valence-corrected chi connectivity index (χ0v) is 9.19. The van der Waals surface area contributed by atoms with Crippen molar-refractivity contribution in [2.45, 2.75) is 32.2 Å². The van der Waals surface area contributed by atoms with Crippen molar-refractivity contribution in [1.82, 2.24) is 5.32 Å². The standard InChI is InChI=1S/C12H17F2N/c1-3-4-12(15-2)7-9-5-10(13)8-11(14)6-9/h5-6,8,12,15H,3-4,7H2,1-2H3. The van der Waals surface area contributed by atoms with Gasteiger partial charge in [0, 0.05) is 12.1 Å². The molecule has 1 rings (SSSR count). The van der Waals surface area contributed by atoms with Crippen molar-refractivity contribution in [3.05, 3.63) is 35.4 Å². The average Bonchev–Trinajstić information content (AvgIpc) is 2.15. The molecule has 1 atom stereocenters. The summed E-state index contributed by atoms with van der Waals surface area (Å²) in [6.45, 7) is 2.09. The van der Waals surface area contributed by atoms with Crippen LogP contribution in [0.5, 0.6) is 0 Å². The highest BCUT2D eigenvalue weighted by Crippen LogP contribution is 2.11. The lowest BCUT2D eigenvalue weighted by Crippen LogP contribution is -2.27. The molecule has 1 nitrogen and oxygen atoms in total. The van der Waals surface area contributed by atoms with Gasteiger partial charge in [-0.1, -0.05) is 13.3 Å². The van der Waals surface area contributed by atoms with Crippen molar-refractivity contribution in [2.75, 3.05) is 7.05 Å². The highest BCUT2D eigenvalue weighted by atomic mass is 19.1. The second-order valence-corrected chi connectivity index (χ2v) is 3.76. The number of halogens is 2. The molecule has 3 heteroatoms. The lowest BCUT2D eigenvalue weighted by molar-refractivity contribution is 0.508. The van der Waals surface area contributed by atoms with Gasteiger partial charge in [0.15, 0.2) is 0 Å². The van der Waals surface area contributed by atoms with Gasteiger partial charge in [-0.3, -0.25) is 0 Å². The molecule has 1 unspecified atom stereocenters. The minimum absolute atomic E-state index is 0.288. The topological polar surface area (TPSA) is 12.0 Å². The van der Waals surface area contributed by atoms with Crippen LogP contribution in [0.1, 0.15) is 25.3 Å². The monoisotopic (exact) mass is 213 g/mol. The molecule has 0 amide bonds. The highest BCUT2D eigenvalue weighted by molar-refractivity contribution is 5.18. The summed E-state index contributed by atoms with van der Waals surface area (Å²) in [4.78, 5) is 0. The first kappa shape index (κ1) is 12.1. The SMILES string of the molecule is CCCC(Cc1cc(F)cc(F)c1)NC. The van der Waals surface area contributed by atoms with Gasteiger partial charge in [0.2, 0.25) is 0 Å². The molecule has 0 saturated carbocycles. The quantitative estimate of drug-likeness (QED) is 0.793. The first-order valence-electron chi connectivity index (χ1n) is 5.28. The number of likely N-dealkylation sites (N-methyl/N-ethyl adjacent to an activating group) is 1. The number of rotatable bonds is 5. The lowest BCUT2D eigenvalue weighted by Gasteiger charge is -2.15. The zero-order chi connectivity index (χ0) is 11.3. The predicted octanol–water partition coefficient (Wildman–Crippen LogP) is 2.90. The van der Waals surface area contributed by atoms with E-state index in [-0.39, 0.29) is 6.04 Å². The molecule has 0 heterocycles. The molecule has 1 aromatic carbocycles. The van der Waals surface area contributed by atoms with Crippen LogP contribution in [-0.4, -0.2) is 13.1 Å². The lowest BCUT2D eigenvalue weighted by atomic mass is 10.0. The Morgan fingerprint density at radius 1 is 1.20 bits per heavy atom. The van der Waals surface area contributed by atoms with E-state index in [1.165, 1.54) is 12.1 Å². The molecule has 15 heavy (non-hydrogen) atoms. The Morgan fingerprint density at radius 3 is 2.27 bits per heavy atom. The van der Waals surface area contributed by atoms with Crippen molar-refractivity contribution >= 4 is 0 Å². The van der Waals surface area contributed by atoms with Gasteiger partial charge in [-0.15, -0.1) is 0 Å². The third-order valence-corrected chi connectivity index (χ3v) is 2.45. The molecule has 0 aliphatic rings. The first-order chi connectivity index (χ1) is 7.15. The fraction of sp³-hybridized carbons (Fsp3) is 0.500. The molecule has 1 aromatic rings. The van der Waals surface area contributed by atoms with Gasteiger partial charge in [0.1, 0.15) is 11.6 Å². The van der Waals surface area contributed by atoms with Crippen LogP contribution in [0, 0.1) is 11.6 Å². The van der Waals surface area contributed by atoms with E-state index in [9.17, 15) is 8.78 Å². The summed E-state index contributed by atoms with van der Waals surface area (Å²) in [6, 6.07) is 3.97. The van der Waals surface area contributed by atoms with Gasteiger partial charge in [0.05, 0.1) is 0 Å². The van der Waals surface area contributed by atoms with E-state index >= 15 is 0 Å². The van der Waals surface area contributed by atoms with Crippen molar-refractivity contribution in [1.29, 1.82) is 0 Å². The Morgan fingerprint density at radius 2 is 1.80 bits per heavy atom. The Bertz CT molecular complexity index is 292. The number of nitrogens with one attached hydrogen (secondary N) is 1. The Kier molecular flexibility index (Phi) is 4.69. The molecule has 0 fully saturated rings. The van der Waals surface area contributed by atoms with Crippen molar-refractivity contribution in [3.63, 3.8) is 0 Å². The van der Waals surface area contributed by atoms with Crippen LogP contribution in [-0.2, 0) is 6.42 Å². The van der Waals surface area contributed by atoms with Crippen LogP contribution in [0.4, 0.5) is 8.78 Å². The van der Waals surface area contributed by atoms with E-state index < -0.39 is 11.6 Å². The van der Waals surface area contributed by atoms with Gasteiger partial charge in [-0.2, -0.15) is 0 Å². The van der Waals surface area contributed by atoms with Crippen molar-refractivity contribution in [3.8, 4) is 0 Å². The third-order valence-electron chi connectivity index (χ3n) is 2.45. The van der Waals surface area contributed by atoms with E-state index in [4.69, 9.17) is 0 Å². The average molecular weight is 213 g/mol. The molecule has 0 aromatic heterocycles.